The van der Waals surface area contributed by atoms with Crippen molar-refractivity contribution in [2.24, 2.45) is 5.92 Å². The molecule has 0 spiro atoms. The first-order valence-electron chi connectivity index (χ1n) is 5.44. The maximum Gasteiger partial charge on any atom is 0.391 e. The third-order valence-corrected chi connectivity index (χ3v) is 3.00. The summed E-state index contributed by atoms with van der Waals surface area (Å²) >= 11 is 0. The van der Waals surface area contributed by atoms with Gasteiger partial charge >= 0.3 is 6.18 Å². The zero-order valence-electron chi connectivity index (χ0n) is 9.30. The molecule has 2 rings (SSSR count). The number of piperidine rings is 1. The first-order valence-corrected chi connectivity index (χ1v) is 5.44. The van der Waals surface area contributed by atoms with Crippen molar-refractivity contribution in [3.63, 3.8) is 0 Å². The molecule has 0 radical (unpaired) electrons. The van der Waals surface area contributed by atoms with E-state index < -0.39 is 23.5 Å². The van der Waals surface area contributed by atoms with Crippen molar-refractivity contribution < 1.29 is 17.6 Å². The Bertz CT molecular complexity index is 477. The molecule has 2 heterocycles. The second-order valence-electron chi connectivity index (χ2n) is 4.19. The van der Waals surface area contributed by atoms with E-state index in [1.165, 1.54) is 4.90 Å². The van der Waals surface area contributed by atoms with Gasteiger partial charge in [0.15, 0.2) is 0 Å². The molecule has 1 aliphatic rings. The largest absolute Gasteiger partial charge is 0.391 e. The van der Waals surface area contributed by atoms with Crippen LogP contribution in [0.25, 0.3) is 0 Å². The lowest BCUT2D eigenvalue weighted by molar-refractivity contribution is -0.179. The Morgan fingerprint density at radius 1 is 1.33 bits per heavy atom. The van der Waals surface area contributed by atoms with Crippen LogP contribution in [-0.2, 0) is 0 Å². The van der Waals surface area contributed by atoms with E-state index in [0.29, 0.717) is 0 Å². The minimum Gasteiger partial charge on any atom is -0.342 e. The Morgan fingerprint density at radius 3 is 2.44 bits per heavy atom. The second kappa shape index (κ2) is 4.58. The zero-order valence-corrected chi connectivity index (χ0v) is 9.30. The fourth-order valence-corrected chi connectivity index (χ4v) is 1.95. The Morgan fingerprint density at radius 2 is 1.94 bits per heavy atom. The van der Waals surface area contributed by atoms with E-state index in [1.807, 2.05) is 0 Å². The maximum atomic E-state index is 12.7. The molecule has 0 saturated carbocycles. The molecule has 0 atom stereocenters. The van der Waals surface area contributed by atoms with Crippen LogP contribution in [0.3, 0.4) is 0 Å². The van der Waals surface area contributed by atoms with Crippen molar-refractivity contribution in [1.29, 1.82) is 0 Å². The monoisotopic (exact) mass is 265 g/mol. The van der Waals surface area contributed by atoms with Gasteiger partial charge in [0.1, 0.15) is 0 Å². The number of nitrogens with one attached hydrogen (secondary N) is 1. The first-order chi connectivity index (χ1) is 8.38. The van der Waals surface area contributed by atoms with Crippen molar-refractivity contribution in [1.82, 2.24) is 9.97 Å². The zero-order chi connectivity index (χ0) is 13.3. The molecule has 0 unspecified atom stereocenters. The van der Waals surface area contributed by atoms with Crippen LogP contribution in [0.5, 0.6) is 0 Å². The van der Waals surface area contributed by atoms with Crippen molar-refractivity contribution in [2.45, 2.75) is 19.0 Å². The molecule has 1 saturated heterocycles. The second-order valence-corrected chi connectivity index (χ2v) is 4.19. The number of hydrogen-bond donors (Lipinski definition) is 1. The van der Waals surface area contributed by atoms with Crippen LogP contribution < -0.4 is 10.5 Å². The molecule has 4 nitrogen and oxygen atoms in total. The highest BCUT2D eigenvalue weighted by Crippen LogP contribution is 2.34. The van der Waals surface area contributed by atoms with Crippen molar-refractivity contribution >= 4 is 5.95 Å². The highest BCUT2D eigenvalue weighted by molar-refractivity contribution is 5.29. The van der Waals surface area contributed by atoms with Crippen LogP contribution in [0, 0.1) is 11.7 Å². The van der Waals surface area contributed by atoms with Crippen LogP contribution in [0.1, 0.15) is 12.8 Å². The van der Waals surface area contributed by atoms with Crippen LogP contribution in [-0.4, -0.2) is 29.2 Å². The Hall–Kier alpha value is -1.60. The van der Waals surface area contributed by atoms with Crippen LogP contribution >= 0.6 is 0 Å². The van der Waals surface area contributed by atoms with E-state index in [0.717, 1.165) is 6.20 Å². The van der Waals surface area contributed by atoms with Gasteiger partial charge in [-0.1, -0.05) is 0 Å². The number of rotatable bonds is 1. The van der Waals surface area contributed by atoms with Crippen molar-refractivity contribution in [3.05, 3.63) is 22.4 Å². The van der Waals surface area contributed by atoms with E-state index in [-0.39, 0.29) is 31.9 Å². The molecule has 0 aliphatic carbocycles. The summed E-state index contributed by atoms with van der Waals surface area (Å²) in [5.74, 6) is -2.22. The van der Waals surface area contributed by atoms with Crippen molar-refractivity contribution in [3.8, 4) is 0 Å². The summed E-state index contributed by atoms with van der Waals surface area (Å²) in [5.41, 5.74) is -0.919. The van der Waals surface area contributed by atoms with E-state index in [1.54, 1.807) is 0 Å². The highest BCUT2D eigenvalue weighted by Gasteiger charge is 2.41. The van der Waals surface area contributed by atoms with Crippen LogP contribution in [0.4, 0.5) is 23.5 Å². The molecule has 1 aromatic heterocycles. The quantitative estimate of drug-likeness (QED) is 0.786. The molecule has 0 bridgehead atoms. The Labute approximate surface area is 99.6 Å². The molecular weight excluding hydrogens is 254 g/mol. The highest BCUT2D eigenvalue weighted by atomic mass is 19.4. The number of nitrogens with zero attached hydrogens (tertiary/aromatic N) is 2. The topological polar surface area (TPSA) is 49.0 Å². The van der Waals surface area contributed by atoms with Crippen molar-refractivity contribution in [2.75, 3.05) is 18.0 Å². The van der Waals surface area contributed by atoms with Gasteiger partial charge in [0.25, 0.3) is 5.56 Å². The lowest BCUT2D eigenvalue weighted by atomic mass is 9.96. The summed E-state index contributed by atoms with van der Waals surface area (Å²) in [6, 6.07) is 0. The average molecular weight is 265 g/mol. The molecule has 100 valence electrons. The molecule has 1 aliphatic heterocycles. The fourth-order valence-electron chi connectivity index (χ4n) is 1.95. The van der Waals surface area contributed by atoms with Gasteiger partial charge in [-0.05, 0) is 12.8 Å². The third kappa shape index (κ3) is 2.62. The Balaban J connectivity index is 2.06. The van der Waals surface area contributed by atoms with E-state index in [2.05, 4.69) is 9.97 Å². The molecule has 1 aromatic rings. The number of H-pyrrole nitrogens is 1. The smallest absolute Gasteiger partial charge is 0.342 e. The number of halogens is 4. The van der Waals surface area contributed by atoms with E-state index >= 15 is 0 Å². The lowest BCUT2D eigenvalue weighted by Gasteiger charge is -2.33. The maximum absolute atomic E-state index is 12.7. The van der Waals surface area contributed by atoms with Gasteiger partial charge < -0.3 is 4.90 Å². The Kier molecular flexibility index (Phi) is 3.27. The number of hydrogen-bond acceptors (Lipinski definition) is 3. The van der Waals surface area contributed by atoms with E-state index in [4.69, 9.17) is 0 Å². The van der Waals surface area contributed by atoms with Gasteiger partial charge in [-0.2, -0.15) is 17.6 Å². The van der Waals surface area contributed by atoms with Crippen LogP contribution in [0.2, 0.25) is 0 Å². The number of aromatic amines is 1. The van der Waals surface area contributed by atoms with Gasteiger partial charge in [-0.3, -0.25) is 9.78 Å². The van der Waals surface area contributed by atoms with Gasteiger partial charge in [-0.15, -0.1) is 0 Å². The van der Waals surface area contributed by atoms with E-state index in [9.17, 15) is 22.4 Å². The van der Waals surface area contributed by atoms with Crippen LogP contribution in [0.15, 0.2) is 11.0 Å². The molecule has 1 N–H and O–H groups in total. The fraction of sp³-hybridized carbons (Fsp3) is 0.600. The van der Waals surface area contributed by atoms with Gasteiger partial charge in [-0.25, -0.2) is 4.98 Å². The van der Waals surface area contributed by atoms with Gasteiger partial charge in [0, 0.05) is 13.1 Å². The van der Waals surface area contributed by atoms with Gasteiger partial charge in [0.2, 0.25) is 11.8 Å². The predicted octanol–water partition coefficient (Wildman–Crippen LogP) is 1.69. The SMILES string of the molecule is O=c1[nH]c(N2CCC(C(F)(F)F)CC2)ncc1F. The summed E-state index contributed by atoms with van der Waals surface area (Å²) in [5, 5.41) is 0. The summed E-state index contributed by atoms with van der Waals surface area (Å²) in [6.45, 7) is 0.275. The summed E-state index contributed by atoms with van der Waals surface area (Å²) < 4.78 is 50.0. The number of anilines is 1. The molecule has 1 fully saturated rings. The molecular formula is C10H11F4N3O. The standard InChI is InChI=1S/C10H11F4N3O/c11-7-5-15-9(16-8(7)18)17-3-1-6(2-4-17)10(12,13)14/h5-6H,1-4H2,(H,15,16,18). The molecule has 0 amide bonds. The average Bonchev–Trinajstić information content (AvgIpc) is 2.32. The minimum atomic E-state index is -4.18. The summed E-state index contributed by atoms with van der Waals surface area (Å²) in [4.78, 5) is 18.4. The number of alkyl halides is 3. The molecule has 18 heavy (non-hydrogen) atoms. The summed E-state index contributed by atoms with van der Waals surface area (Å²) in [7, 11) is 0. The molecule has 0 aromatic carbocycles. The normalized spacial score (nSPS) is 18.1. The van der Waals surface area contributed by atoms with Gasteiger partial charge in [0.05, 0.1) is 12.1 Å². The predicted molar refractivity (Wildman–Crippen MR) is 55.8 cm³/mol. The third-order valence-electron chi connectivity index (χ3n) is 3.00. The minimum absolute atomic E-state index is 0.0510. The lowest BCUT2D eigenvalue weighted by Crippen LogP contribution is -2.40. The molecule has 8 heteroatoms. The summed E-state index contributed by atoms with van der Waals surface area (Å²) in [6.07, 6.45) is -3.52. The number of aromatic nitrogens is 2. The first kappa shape index (κ1) is 12.8.